The van der Waals surface area contributed by atoms with Crippen LogP contribution in [0.2, 0.25) is 0 Å². The van der Waals surface area contributed by atoms with Gasteiger partial charge in [-0.1, -0.05) is 5.16 Å². The normalized spacial score (nSPS) is 16.1. The molecule has 1 fully saturated rings. The highest BCUT2D eigenvalue weighted by Gasteiger charge is 2.35. The average Bonchev–Trinajstić information content (AvgIpc) is 3.36. The minimum atomic E-state index is -0.837. The van der Waals surface area contributed by atoms with E-state index in [1.165, 1.54) is 23.1 Å². The molecule has 6 nitrogen and oxygen atoms in total. The largest absolute Gasteiger partial charge is 0.337 e. The number of nitriles is 1. The molecule has 9 heteroatoms. The number of amides is 1. The number of carbonyl (C=O) groups is 1. The molecular formula is C20H13F3N4O2. The standard InChI is InChI=1S/C20H13F3N4O2/c21-12-4-6-13(16(23)9-12)18-25-19(29-26-18)17-2-1-7-27(17)20(28)14-5-3-11(10-24)8-15(14)22/h3-6,8-9,17H,1-2,7H2/t17-/m1/s1. The van der Waals surface area contributed by atoms with E-state index < -0.39 is 29.4 Å². The molecule has 2 aromatic carbocycles. The fourth-order valence-corrected chi connectivity index (χ4v) is 3.33. The zero-order valence-corrected chi connectivity index (χ0v) is 14.9. The summed E-state index contributed by atoms with van der Waals surface area (Å²) in [5.74, 6) is -2.91. The minimum absolute atomic E-state index is 0.0320. The zero-order valence-electron chi connectivity index (χ0n) is 14.9. The molecule has 29 heavy (non-hydrogen) atoms. The molecule has 1 atom stereocenters. The summed E-state index contributed by atoms with van der Waals surface area (Å²) in [5, 5.41) is 12.6. The van der Waals surface area contributed by atoms with Crippen molar-refractivity contribution in [3.63, 3.8) is 0 Å². The molecule has 2 heterocycles. The van der Waals surface area contributed by atoms with Crippen LogP contribution in [0.15, 0.2) is 40.9 Å². The second-order valence-corrected chi connectivity index (χ2v) is 6.54. The Morgan fingerprint density at radius 3 is 2.72 bits per heavy atom. The van der Waals surface area contributed by atoms with Crippen molar-refractivity contribution < 1.29 is 22.5 Å². The van der Waals surface area contributed by atoms with Crippen LogP contribution in [-0.2, 0) is 0 Å². The van der Waals surface area contributed by atoms with Crippen LogP contribution in [0.3, 0.4) is 0 Å². The number of hydrogen-bond donors (Lipinski definition) is 0. The molecule has 0 saturated carbocycles. The van der Waals surface area contributed by atoms with Crippen LogP contribution in [0, 0.1) is 28.8 Å². The van der Waals surface area contributed by atoms with E-state index in [9.17, 15) is 18.0 Å². The van der Waals surface area contributed by atoms with E-state index in [1.807, 2.05) is 6.07 Å². The fourth-order valence-electron chi connectivity index (χ4n) is 3.33. The summed E-state index contributed by atoms with van der Waals surface area (Å²) in [6, 6.07) is 7.83. The maximum absolute atomic E-state index is 14.3. The van der Waals surface area contributed by atoms with Gasteiger partial charge in [-0.2, -0.15) is 10.2 Å². The molecule has 0 aliphatic carbocycles. The molecule has 0 radical (unpaired) electrons. The van der Waals surface area contributed by atoms with E-state index in [4.69, 9.17) is 9.78 Å². The summed E-state index contributed by atoms with van der Waals surface area (Å²) < 4.78 is 46.5. The molecule has 3 aromatic rings. The van der Waals surface area contributed by atoms with Crippen molar-refractivity contribution in [2.75, 3.05) is 6.54 Å². The van der Waals surface area contributed by atoms with Gasteiger partial charge in [0.1, 0.15) is 23.5 Å². The topological polar surface area (TPSA) is 83.0 Å². The zero-order chi connectivity index (χ0) is 20.5. The Labute approximate surface area is 163 Å². The smallest absolute Gasteiger partial charge is 0.257 e. The van der Waals surface area contributed by atoms with Crippen LogP contribution in [0.25, 0.3) is 11.4 Å². The van der Waals surface area contributed by atoms with Crippen molar-refractivity contribution in [3.8, 4) is 17.5 Å². The summed E-state index contributed by atoms with van der Waals surface area (Å²) in [6.45, 7) is 0.353. The first-order chi connectivity index (χ1) is 14.0. The highest BCUT2D eigenvalue weighted by molar-refractivity contribution is 5.95. The Morgan fingerprint density at radius 2 is 2.00 bits per heavy atom. The molecule has 0 unspecified atom stereocenters. The fraction of sp³-hybridized carbons (Fsp3) is 0.200. The van der Waals surface area contributed by atoms with Gasteiger partial charge < -0.3 is 9.42 Å². The summed E-state index contributed by atoms with van der Waals surface area (Å²) >= 11 is 0. The molecule has 1 aromatic heterocycles. The van der Waals surface area contributed by atoms with Gasteiger partial charge >= 0.3 is 0 Å². The Balaban J connectivity index is 1.62. The summed E-state index contributed by atoms with van der Waals surface area (Å²) in [6.07, 6.45) is 1.15. The molecule has 4 rings (SSSR count). The minimum Gasteiger partial charge on any atom is -0.337 e. The van der Waals surface area contributed by atoms with Crippen molar-refractivity contribution in [1.29, 1.82) is 5.26 Å². The van der Waals surface area contributed by atoms with Gasteiger partial charge in [-0.3, -0.25) is 4.79 Å². The summed E-state index contributed by atoms with van der Waals surface area (Å²) in [5.41, 5.74) is -0.0875. The number of nitrogens with zero attached hydrogens (tertiary/aromatic N) is 4. The Hall–Kier alpha value is -3.67. The number of aromatic nitrogens is 2. The van der Waals surface area contributed by atoms with Crippen molar-refractivity contribution >= 4 is 5.91 Å². The number of benzene rings is 2. The van der Waals surface area contributed by atoms with Gasteiger partial charge in [0.2, 0.25) is 11.7 Å². The molecule has 1 aliphatic rings. The van der Waals surface area contributed by atoms with Crippen LogP contribution < -0.4 is 0 Å². The SMILES string of the molecule is N#Cc1ccc(C(=O)N2CCC[C@@H]2c2nc(-c3ccc(F)cc3F)no2)c(F)c1. The van der Waals surface area contributed by atoms with Gasteiger partial charge in [0.05, 0.1) is 22.8 Å². The van der Waals surface area contributed by atoms with Crippen molar-refractivity contribution in [2.24, 2.45) is 0 Å². The van der Waals surface area contributed by atoms with E-state index in [2.05, 4.69) is 10.1 Å². The molecule has 0 spiro atoms. The lowest BCUT2D eigenvalue weighted by Gasteiger charge is -2.22. The molecular weight excluding hydrogens is 385 g/mol. The number of likely N-dealkylation sites (tertiary alicyclic amines) is 1. The van der Waals surface area contributed by atoms with Crippen LogP contribution in [0.1, 0.15) is 40.7 Å². The second kappa shape index (κ2) is 7.39. The Morgan fingerprint density at radius 1 is 1.17 bits per heavy atom. The average molecular weight is 398 g/mol. The lowest BCUT2D eigenvalue weighted by Crippen LogP contribution is -2.31. The molecule has 0 N–H and O–H groups in total. The molecule has 0 bridgehead atoms. The van der Waals surface area contributed by atoms with E-state index in [1.54, 1.807) is 0 Å². The van der Waals surface area contributed by atoms with Gasteiger partial charge in [-0.25, -0.2) is 13.2 Å². The number of halogens is 3. The molecule has 1 aliphatic heterocycles. The van der Waals surface area contributed by atoms with Crippen molar-refractivity contribution in [3.05, 3.63) is 70.9 Å². The van der Waals surface area contributed by atoms with Gasteiger partial charge in [0, 0.05) is 12.6 Å². The van der Waals surface area contributed by atoms with E-state index in [0.717, 1.165) is 12.1 Å². The quantitative estimate of drug-likeness (QED) is 0.666. The first-order valence-corrected chi connectivity index (χ1v) is 8.77. The Bertz CT molecular complexity index is 1140. The van der Waals surface area contributed by atoms with E-state index >= 15 is 0 Å². The van der Waals surface area contributed by atoms with E-state index in [-0.39, 0.29) is 28.4 Å². The predicted octanol–water partition coefficient (Wildman–Crippen LogP) is 4.00. The Kier molecular flexibility index (Phi) is 4.76. The van der Waals surface area contributed by atoms with Crippen LogP contribution >= 0.6 is 0 Å². The van der Waals surface area contributed by atoms with Gasteiger partial charge in [0.15, 0.2) is 0 Å². The van der Waals surface area contributed by atoms with Gasteiger partial charge in [-0.05, 0) is 43.2 Å². The first kappa shape index (κ1) is 18.7. The first-order valence-electron chi connectivity index (χ1n) is 8.77. The second-order valence-electron chi connectivity index (χ2n) is 6.54. The van der Waals surface area contributed by atoms with Crippen LogP contribution in [0.5, 0.6) is 0 Å². The lowest BCUT2D eigenvalue weighted by atomic mass is 10.1. The third kappa shape index (κ3) is 3.45. The lowest BCUT2D eigenvalue weighted by molar-refractivity contribution is 0.0705. The molecule has 146 valence electrons. The monoisotopic (exact) mass is 398 g/mol. The highest BCUT2D eigenvalue weighted by Crippen LogP contribution is 2.34. The molecule has 1 saturated heterocycles. The van der Waals surface area contributed by atoms with Gasteiger partial charge in [-0.15, -0.1) is 0 Å². The number of carbonyl (C=O) groups excluding carboxylic acids is 1. The third-order valence-corrected chi connectivity index (χ3v) is 4.74. The van der Waals surface area contributed by atoms with E-state index in [0.29, 0.717) is 25.5 Å². The third-order valence-electron chi connectivity index (χ3n) is 4.74. The predicted molar refractivity (Wildman–Crippen MR) is 93.8 cm³/mol. The van der Waals surface area contributed by atoms with Gasteiger partial charge in [0.25, 0.3) is 5.91 Å². The van der Waals surface area contributed by atoms with Crippen molar-refractivity contribution in [1.82, 2.24) is 15.0 Å². The maximum atomic E-state index is 14.3. The maximum Gasteiger partial charge on any atom is 0.257 e. The molecule has 1 amide bonds. The summed E-state index contributed by atoms with van der Waals surface area (Å²) in [4.78, 5) is 18.4. The van der Waals surface area contributed by atoms with Crippen LogP contribution in [0.4, 0.5) is 13.2 Å². The van der Waals surface area contributed by atoms with Crippen LogP contribution in [-0.4, -0.2) is 27.5 Å². The number of hydrogen-bond acceptors (Lipinski definition) is 5. The van der Waals surface area contributed by atoms with Crippen molar-refractivity contribution in [2.45, 2.75) is 18.9 Å². The summed E-state index contributed by atoms with van der Waals surface area (Å²) in [7, 11) is 0. The number of rotatable bonds is 3. The highest BCUT2D eigenvalue weighted by atomic mass is 19.1.